The van der Waals surface area contributed by atoms with Crippen molar-refractivity contribution in [1.82, 2.24) is 14.8 Å². The Bertz CT molecular complexity index is 772. The van der Waals surface area contributed by atoms with Gasteiger partial charge in [0.1, 0.15) is 10.8 Å². The number of thiazole rings is 1. The Morgan fingerprint density at radius 2 is 2.14 bits per heavy atom. The van der Waals surface area contributed by atoms with Crippen LogP contribution in [-0.2, 0) is 17.8 Å². The normalized spacial score (nSPS) is 15.0. The van der Waals surface area contributed by atoms with Crippen molar-refractivity contribution in [2.24, 2.45) is 5.92 Å². The maximum Gasteiger partial charge on any atom is 0.254 e. The van der Waals surface area contributed by atoms with E-state index in [0.29, 0.717) is 24.6 Å². The molecule has 0 atom stereocenters. The van der Waals surface area contributed by atoms with Gasteiger partial charge in [-0.1, -0.05) is 19.9 Å². The predicted octanol–water partition coefficient (Wildman–Crippen LogP) is 3.28. The van der Waals surface area contributed by atoms with E-state index in [9.17, 15) is 4.79 Å². The highest BCUT2D eigenvalue weighted by molar-refractivity contribution is 7.09. The summed E-state index contributed by atoms with van der Waals surface area (Å²) in [4.78, 5) is 21.5. The van der Waals surface area contributed by atoms with Gasteiger partial charge >= 0.3 is 0 Å². The van der Waals surface area contributed by atoms with E-state index in [2.05, 4.69) is 18.7 Å². The summed E-state index contributed by atoms with van der Waals surface area (Å²) in [5.74, 6) is 1.14. The van der Waals surface area contributed by atoms with Gasteiger partial charge in [0.2, 0.25) is 0 Å². The number of carbonyl (C=O) groups excluding carboxylic acids is 1. The van der Waals surface area contributed by atoms with Gasteiger partial charge in [0.25, 0.3) is 5.91 Å². The maximum absolute atomic E-state index is 12.8. The Kier molecular flexibility index (Phi) is 7.42. The van der Waals surface area contributed by atoms with Gasteiger partial charge in [0.05, 0.1) is 38.6 Å². The average Bonchev–Trinajstić information content (AvgIpc) is 3.13. The highest BCUT2D eigenvalue weighted by atomic mass is 32.1. The molecule has 1 aromatic heterocycles. The third-order valence-corrected chi connectivity index (χ3v) is 5.35. The van der Waals surface area contributed by atoms with Crippen LogP contribution in [0.4, 0.5) is 0 Å². The lowest BCUT2D eigenvalue weighted by Crippen LogP contribution is -2.35. The minimum atomic E-state index is -0.0299. The molecular formula is C21H29N3O3S. The molecule has 3 rings (SSSR count). The van der Waals surface area contributed by atoms with Crippen LogP contribution in [0.25, 0.3) is 0 Å². The van der Waals surface area contributed by atoms with Crippen LogP contribution in [0, 0.1) is 5.92 Å². The van der Waals surface area contributed by atoms with E-state index in [1.54, 1.807) is 16.2 Å². The molecule has 0 saturated carbocycles. The van der Waals surface area contributed by atoms with Gasteiger partial charge < -0.3 is 14.4 Å². The van der Waals surface area contributed by atoms with Crippen molar-refractivity contribution >= 4 is 17.2 Å². The lowest BCUT2D eigenvalue weighted by atomic mass is 10.2. The van der Waals surface area contributed by atoms with Crippen molar-refractivity contribution < 1.29 is 14.3 Å². The van der Waals surface area contributed by atoms with E-state index in [4.69, 9.17) is 14.5 Å². The third kappa shape index (κ3) is 6.02. The molecule has 1 aromatic carbocycles. The van der Waals surface area contributed by atoms with Crippen LogP contribution in [0.2, 0.25) is 0 Å². The van der Waals surface area contributed by atoms with Crippen molar-refractivity contribution in [3.8, 4) is 5.75 Å². The molecule has 0 N–H and O–H groups in total. The molecule has 152 valence electrons. The average molecular weight is 404 g/mol. The molecule has 28 heavy (non-hydrogen) atoms. The Balaban J connectivity index is 1.56. The number of nitrogens with zero attached hydrogens (tertiary/aromatic N) is 3. The lowest BCUT2D eigenvalue weighted by Gasteiger charge is -2.25. The summed E-state index contributed by atoms with van der Waals surface area (Å²) in [6.45, 7) is 9.65. The van der Waals surface area contributed by atoms with E-state index < -0.39 is 0 Å². The Morgan fingerprint density at radius 1 is 1.36 bits per heavy atom. The van der Waals surface area contributed by atoms with Crippen LogP contribution >= 0.6 is 11.3 Å². The molecule has 0 bridgehead atoms. The highest BCUT2D eigenvalue weighted by Crippen LogP contribution is 2.18. The summed E-state index contributed by atoms with van der Waals surface area (Å²) >= 11 is 1.65. The maximum atomic E-state index is 12.8. The molecule has 6 nitrogen and oxygen atoms in total. The smallest absolute Gasteiger partial charge is 0.254 e. The van der Waals surface area contributed by atoms with E-state index in [-0.39, 0.29) is 5.91 Å². The molecule has 2 heterocycles. The summed E-state index contributed by atoms with van der Waals surface area (Å²) in [5.41, 5.74) is 1.56. The zero-order valence-corrected chi connectivity index (χ0v) is 17.7. The first-order valence-corrected chi connectivity index (χ1v) is 10.6. The van der Waals surface area contributed by atoms with E-state index in [1.807, 2.05) is 36.7 Å². The number of benzene rings is 1. The second-order valence-corrected chi connectivity index (χ2v) is 8.46. The summed E-state index contributed by atoms with van der Waals surface area (Å²) in [6.07, 6.45) is 0. The summed E-state index contributed by atoms with van der Waals surface area (Å²) in [6, 6.07) is 7.38. The first-order chi connectivity index (χ1) is 13.5. The molecule has 0 radical (unpaired) electrons. The fourth-order valence-corrected chi connectivity index (χ4v) is 3.79. The van der Waals surface area contributed by atoms with Crippen LogP contribution in [0.15, 0.2) is 29.6 Å². The Morgan fingerprint density at radius 3 is 2.89 bits per heavy atom. The fraction of sp³-hybridized carbons (Fsp3) is 0.524. The molecule has 2 aromatic rings. The van der Waals surface area contributed by atoms with Gasteiger partial charge in [-0.3, -0.25) is 9.69 Å². The van der Waals surface area contributed by atoms with Crippen LogP contribution in [-0.4, -0.2) is 60.6 Å². The van der Waals surface area contributed by atoms with E-state index >= 15 is 0 Å². The zero-order chi connectivity index (χ0) is 19.9. The van der Waals surface area contributed by atoms with Crippen LogP contribution in [0.3, 0.4) is 0 Å². The molecule has 7 heteroatoms. The molecule has 1 aliphatic heterocycles. The predicted molar refractivity (Wildman–Crippen MR) is 111 cm³/mol. The molecular weight excluding hydrogens is 374 g/mol. The Hall–Kier alpha value is -1.96. The number of ether oxygens (including phenoxy) is 2. The standard InChI is InChI=1S/C21H29N3O3S/c1-16(2)14-27-19-6-4-5-17(11-19)21(25)23(3)12-18-15-28-20(22-18)13-24-7-9-26-10-8-24/h4-6,11,15-16H,7-10,12-14H2,1-3H3. The van der Waals surface area contributed by atoms with Crippen LogP contribution < -0.4 is 4.74 Å². The van der Waals surface area contributed by atoms with Gasteiger partial charge in [0, 0.05) is 31.1 Å². The van der Waals surface area contributed by atoms with Crippen molar-refractivity contribution in [1.29, 1.82) is 0 Å². The second kappa shape index (κ2) is 10.0. The SMILES string of the molecule is CC(C)COc1cccc(C(=O)N(C)Cc2csc(CN3CCOCC3)n2)c1. The Labute approximate surface area is 171 Å². The van der Waals surface area contributed by atoms with Gasteiger partial charge in [-0.05, 0) is 24.1 Å². The molecule has 1 fully saturated rings. The topological polar surface area (TPSA) is 54.9 Å². The fourth-order valence-electron chi connectivity index (χ4n) is 2.96. The number of hydrogen-bond acceptors (Lipinski definition) is 6. The molecule has 0 spiro atoms. The van der Waals surface area contributed by atoms with Gasteiger partial charge in [0.15, 0.2) is 0 Å². The third-order valence-electron chi connectivity index (χ3n) is 4.47. The lowest BCUT2D eigenvalue weighted by molar-refractivity contribution is 0.0341. The van der Waals surface area contributed by atoms with Gasteiger partial charge in [-0.2, -0.15) is 0 Å². The monoisotopic (exact) mass is 403 g/mol. The van der Waals surface area contributed by atoms with Crippen molar-refractivity contribution in [2.75, 3.05) is 40.0 Å². The number of amides is 1. The van der Waals surface area contributed by atoms with Crippen molar-refractivity contribution in [2.45, 2.75) is 26.9 Å². The number of carbonyl (C=O) groups is 1. The van der Waals surface area contributed by atoms with E-state index in [0.717, 1.165) is 49.3 Å². The summed E-state index contributed by atoms with van der Waals surface area (Å²) in [5, 5.41) is 3.13. The number of aromatic nitrogens is 1. The van der Waals surface area contributed by atoms with Crippen LogP contribution in [0.5, 0.6) is 5.75 Å². The molecule has 1 aliphatic rings. The van der Waals surface area contributed by atoms with Gasteiger partial charge in [-0.25, -0.2) is 4.98 Å². The van der Waals surface area contributed by atoms with Crippen molar-refractivity contribution in [3.05, 3.63) is 45.9 Å². The van der Waals surface area contributed by atoms with Gasteiger partial charge in [-0.15, -0.1) is 11.3 Å². The molecule has 1 saturated heterocycles. The largest absolute Gasteiger partial charge is 0.493 e. The summed E-state index contributed by atoms with van der Waals surface area (Å²) < 4.78 is 11.1. The van der Waals surface area contributed by atoms with Crippen molar-refractivity contribution in [3.63, 3.8) is 0 Å². The number of rotatable bonds is 8. The minimum absolute atomic E-state index is 0.0299. The first kappa shape index (κ1) is 20.8. The molecule has 0 unspecified atom stereocenters. The molecule has 1 amide bonds. The summed E-state index contributed by atoms with van der Waals surface area (Å²) in [7, 11) is 1.81. The quantitative estimate of drug-likeness (QED) is 0.677. The number of hydrogen-bond donors (Lipinski definition) is 0. The number of morpholine rings is 1. The highest BCUT2D eigenvalue weighted by Gasteiger charge is 2.16. The van der Waals surface area contributed by atoms with E-state index in [1.165, 1.54) is 0 Å². The second-order valence-electron chi connectivity index (χ2n) is 7.51. The first-order valence-electron chi connectivity index (χ1n) is 9.73. The van der Waals surface area contributed by atoms with Crippen LogP contribution in [0.1, 0.15) is 34.9 Å². The molecule has 0 aliphatic carbocycles. The minimum Gasteiger partial charge on any atom is -0.493 e. The zero-order valence-electron chi connectivity index (χ0n) is 16.9.